The van der Waals surface area contributed by atoms with E-state index in [1.807, 2.05) is 12.1 Å². The quantitative estimate of drug-likeness (QED) is 0.349. The van der Waals surface area contributed by atoms with Crippen molar-refractivity contribution in [1.82, 2.24) is 9.55 Å². The SMILES string of the molecule is CCc1nc(CCN)n(CC)c1Sc1cc(Cl)cc(C#N)c1.O=C(O)C(O)C(O)C(=O)O. The van der Waals surface area contributed by atoms with E-state index in [9.17, 15) is 9.59 Å². The molecular formula is C20H25ClN4O6S. The molecule has 1 aromatic heterocycles. The summed E-state index contributed by atoms with van der Waals surface area (Å²) >= 11 is 7.70. The highest BCUT2D eigenvalue weighted by Gasteiger charge is 2.29. The number of imidazole rings is 1. The number of halogens is 1. The molecule has 0 aliphatic rings. The predicted molar refractivity (Wildman–Crippen MR) is 118 cm³/mol. The number of carboxylic acid groups (broad SMARTS) is 2. The highest BCUT2D eigenvalue weighted by Crippen LogP contribution is 2.34. The predicted octanol–water partition coefficient (Wildman–Crippen LogP) is 1.52. The van der Waals surface area contributed by atoms with Crippen molar-refractivity contribution in [3.8, 4) is 6.07 Å². The first kappa shape index (κ1) is 27.4. The summed E-state index contributed by atoms with van der Waals surface area (Å²) in [6.45, 7) is 5.62. The molecule has 2 atom stereocenters. The minimum Gasteiger partial charge on any atom is -0.479 e. The molecule has 0 fully saturated rings. The minimum atomic E-state index is -2.27. The van der Waals surface area contributed by atoms with Crippen LogP contribution in [0.4, 0.5) is 0 Å². The average molecular weight is 485 g/mol. The van der Waals surface area contributed by atoms with Crippen molar-refractivity contribution in [3.05, 3.63) is 40.3 Å². The number of carboxylic acids is 2. The van der Waals surface area contributed by atoms with Gasteiger partial charge in [-0.25, -0.2) is 14.6 Å². The largest absolute Gasteiger partial charge is 0.479 e. The second-order valence-electron chi connectivity index (χ2n) is 6.37. The summed E-state index contributed by atoms with van der Waals surface area (Å²) in [6, 6.07) is 7.54. The van der Waals surface area contributed by atoms with Gasteiger partial charge >= 0.3 is 11.9 Å². The Balaban J connectivity index is 0.000000433. The number of nitrogens with zero attached hydrogens (tertiary/aromatic N) is 3. The molecule has 12 heteroatoms. The number of aromatic nitrogens is 2. The molecule has 0 saturated carbocycles. The van der Waals surface area contributed by atoms with E-state index in [4.69, 9.17) is 48.0 Å². The van der Waals surface area contributed by atoms with Crippen LogP contribution in [0, 0.1) is 11.3 Å². The van der Waals surface area contributed by atoms with Crippen molar-refractivity contribution in [2.75, 3.05) is 6.54 Å². The zero-order valence-corrected chi connectivity index (χ0v) is 19.1. The fourth-order valence-electron chi connectivity index (χ4n) is 2.60. The highest BCUT2D eigenvalue weighted by atomic mass is 35.5. The number of aliphatic carboxylic acids is 2. The number of carbonyl (C=O) groups is 2. The second-order valence-corrected chi connectivity index (χ2v) is 7.87. The molecule has 0 spiro atoms. The van der Waals surface area contributed by atoms with Crippen molar-refractivity contribution in [2.45, 2.75) is 55.4 Å². The van der Waals surface area contributed by atoms with Gasteiger partial charge in [0.15, 0.2) is 12.2 Å². The van der Waals surface area contributed by atoms with Gasteiger partial charge in [0, 0.05) is 22.9 Å². The maximum absolute atomic E-state index is 9.77. The Labute approximate surface area is 194 Å². The van der Waals surface area contributed by atoms with Gasteiger partial charge in [-0.3, -0.25) is 0 Å². The van der Waals surface area contributed by atoms with Crippen molar-refractivity contribution in [1.29, 1.82) is 5.26 Å². The molecular weight excluding hydrogens is 460 g/mol. The number of aliphatic hydroxyl groups is 2. The third kappa shape index (κ3) is 7.51. The Hall–Kier alpha value is -2.62. The minimum absolute atomic E-state index is 0.567. The first-order valence-electron chi connectivity index (χ1n) is 9.58. The van der Waals surface area contributed by atoms with Crippen LogP contribution >= 0.6 is 23.4 Å². The summed E-state index contributed by atoms with van der Waals surface area (Å²) in [7, 11) is 0. The van der Waals surface area contributed by atoms with Crippen LogP contribution in [-0.4, -0.2) is 60.7 Å². The van der Waals surface area contributed by atoms with E-state index in [0.717, 1.165) is 40.8 Å². The molecule has 0 amide bonds. The average Bonchev–Trinajstić information content (AvgIpc) is 3.08. The molecule has 2 unspecified atom stereocenters. The van der Waals surface area contributed by atoms with Gasteiger partial charge in [0.2, 0.25) is 0 Å². The molecule has 2 rings (SSSR count). The molecule has 0 saturated heterocycles. The van der Waals surface area contributed by atoms with E-state index >= 15 is 0 Å². The van der Waals surface area contributed by atoms with Gasteiger partial charge in [-0.2, -0.15) is 5.26 Å². The number of nitriles is 1. The Morgan fingerprint density at radius 1 is 1.22 bits per heavy atom. The van der Waals surface area contributed by atoms with Gasteiger partial charge in [0.25, 0.3) is 0 Å². The molecule has 32 heavy (non-hydrogen) atoms. The topological polar surface area (TPSA) is 183 Å². The van der Waals surface area contributed by atoms with Crippen LogP contribution in [0.15, 0.2) is 28.1 Å². The second kappa shape index (κ2) is 13.0. The number of hydrogen-bond donors (Lipinski definition) is 5. The number of hydrogen-bond acceptors (Lipinski definition) is 8. The van der Waals surface area contributed by atoms with Crippen molar-refractivity contribution >= 4 is 35.3 Å². The van der Waals surface area contributed by atoms with Gasteiger partial charge < -0.3 is 30.7 Å². The maximum atomic E-state index is 9.77. The standard InChI is InChI=1S/C16H19ClN4S.C4H6O6/c1-3-14-16(21(4-2)15(20-14)5-6-18)22-13-8-11(10-19)7-12(17)9-13;5-1(3(7)8)2(6)4(9)10/h7-9H,3-6,18H2,1-2H3;1-2,5-6H,(H,7,8)(H,9,10). The monoisotopic (exact) mass is 484 g/mol. The Morgan fingerprint density at radius 2 is 1.81 bits per heavy atom. The normalized spacial score (nSPS) is 12.3. The van der Waals surface area contributed by atoms with E-state index in [1.54, 1.807) is 17.8 Å². The molecule has 174 valence electrons. The lowest BCUT2D eigenvalue weighted by atomic mass is 10.2. The summed E-state index contributed by atoms with van der Waals surface area (Å²) in [6.07, 6.45) is -2.91. The Morgan fingerprint density at radius 3 is 2.25 bits per heavy atom. The van der Waals surface area contributed by atoms with Gasteiger partial charge in [0.1, 0.15) is 10.9 Å². The van der Waals surface area contributed by atoms with E-state index in [0.29, 0.717) is 17.1 Å². The smallest absolute Gasteiger partial charge is 0.335 e. The fourth-order valence-corrected chi connectivity index (χ4v) is 4.14. The summed E-state index contributed by atoms with van der Waals surface area (Å²) in [4.78, 5) is 25.2. The number of aliphatic hydroxyl groups excluding tert-OH is 2. The van der Waals surface area contributed by atoms with Crippen LogP contribution in [0.2, 0.25) is 5.02 Å². The lowest BCUT2D eigenvalue weighted by Gasteiger charge is -2.10. The van der Waals surface area contributed by atoms with Gasteiger partial charge in [0.05, 0.1) is 17.3 Å². The molecule has 1 heterocycles. The van der Waals surface area contributed by atoms with Crippen molar-refractivity contribution in [2.24, 2.45) is 5.73 Å². The van der Waals surface area contributed by atoms with Gasteiger partial charge in [-0.1, -0.05) is 30.3 Å². The lowest BCUT2D eigenvalue weighted by molar-refractivity contribution is -0.165. The van der Waals surface area contributed by atoms with E-state index in [1.165, 1.54) is 0 Å². The first-order valence-corrected chi connectivity index (χ1v) is 10.8. The molecule has 0 bridgehead atoms. The molecule has 10 nitrogen and oxygen atoms in total. The van der Waals surface area contributed by atoms with Crippen molar-refractivity contribution < 1.29 is 30.0 Å². The third-order valence-electron chi connectivity index (χ3n) is 4.11. The molecule has 0 radical (unpaired) electrons. The van der Waals surface area contributed by atoms with E-state index in [2.05, 4.69) is 24.5 Å². The first-order chi connectivity index (χ1) is 15.1. The molecule has 6 N–H and O–H groups in total. The number of rotatable bonds is 9. The summed E-state index contributed by atoms with van der Waals surface area (Å²) in [5, 5.41) is 43.3. The van der Waals surface area contributed by atoms with Crippen LogP contribution in [0.25, 0.3) is 0 Å². The fraction of sp³-hybridized carbons (Fsp3) is 0.400. The number of nitrogens with two attached hydrogens (primary N) is 1. The molecule has 2 aromatic rings. The zero-order valence-electron chi connectivity index (χ0n) is 17.5. The van der Waals surface area contributed by atoms with Crippen LogP contribution in [0.3, 0.4) is 0 Å². The van der Waals surface area contributed by atoms with Crippen LogP contribution < -0.4 is 5.73 Å². The van der Waals surface area contributed by atoms with E-state index in [-0.39, 0.29) is 0 Å². The van der Waals surface area contributed by atoms with Crippen LogP contribution in [0.1, 0.15) is 30.9 Å². The number of aryl methyl sites for hydroxylation is 1. The van der Waals surface area contributed by atoms with Crippen LogP contribution in [-0.2, 0) is 29.0 Å². The van der Waals surface area contributed by atoms with Gasteiger partial charge in [-0.15, -0.1) is 0 Å². The highest BCUT2D eigenvalue weighted by molar-refractivity contribution is 7.99. The maximum Gasteiger partial charge on any atom is 0.335 e. The lowest BCUT2D eigenvalue weighted by Crippen LogP contribution is -2.39. The zero-order chi connectivity index (χ0) is 24.4. The molecule has 1 aromatic carbocycles. The molecule has 0 aliphatic carbocycles. The number of benzene rings is 1. The summed E-state index contributed by atoms with van der Waals surface area (Å²) < 4.78 is 2.20. The summed E-state index contributed by atoms with van der Waals surface area (Å²) in [5.41, 5.74) is 7.31. The van der Waals surface area contributed by atoms with E-state index < -0.39 is 24.1 Å². The van der Waals surface area contributed by atoms with Crippen molar-refractivity contribution in [3.63, 3.8) is 0 Å². The molecule has 0 aliphatic heterocycles. The Kier molecular flexibility index (Phi) is 11.2. The third-order valence-corrected chi connectivity index (χ3v) is 5.45. The van der Waals surface area contributed by atoms with Gasteiger partial charge in [-0.05, 0) is 38.1 Å². The Bertz CT molecular complexity index is 973. The van der Waals surface area contributed by atoms with Crippen LogP contribution in [0.5, 0.6) is 0 Å². The summed E-state index contributed by atoms with van der Waals surface area (Å²) in [5.74, 6) is -2.52.